The molecule has 9 heteroatoms. The highest BCUT2D eigenvalue weighted by Crippen LogP contribution is 2.44. The third kappa shape index (κ3) is 6.30. The van der Waals surface area contributed by atoms with E-state index in [2.05, 4.69) is 15.2 Å². The normalized spacial score (nSPS) is 13.9. The molecule has 0 aliphatic heterocycles. The number of nitrogens with zero attached hydrogens (tertiary/aromatic N) is 2. The maximum atomic E-state index is 13.5. The molecule has 222 valence electrons. The van der Waals surface area contributed by atoms with Crippen molar-refractivity contribution in [3.63, 3.8) is 0 Å². The molecule has 9 nitrogen and oxygen atoms in total. The lowest BCUT2D eigenvalue weighted by Gasteiger charge is -2.25. The number of aliphatic carboxylic acids is 1. The highest BCUT2D eigenvalue weighted by atomic mass is 16.5. The van der Waals surface area contributed by atoms with Gasteiger partial charge in [-0.1, -0.05) is 31.0 Å². The van der Waals surface area contributed by atoms with Gasteiger partial charge in [-0.05, 0) is 86.2 Å². The number of aryl methyl sites for hydroxylation is 1. The Balaban J connectivity index is 1.39. The van der Waals surface area contributed by atoms with Gasteiger partial charge in [0.05, 0.1) is 24.7 Å². The topological polar surface area (TPSA) is 123 Å². The lowest BCUT2D eigenvalue weighted by Crippen LogP contribution is -2.52. The van der Waals surface area contributed by atoms with Crippen LogP contribution in [-0.2, 0) is 16.6 Å². The molecule has 1 saturated carbocycles. The molecule has 43 heavy (non-hydrogen) atoms. The van der Waals surface area contributed by atoms with E-state index in [-0.39, 0.29) is 11.8 Å². The van der Waals surface area contributed by atoms with Gasteiger partial charge in [0.15, 0.2) is 0 Å². The van der Waals surface area contributed by atoms with E-state index in [1.165, 1.54) is 24.5 Å². The number of anilines is 1. The number of carboxylic acids is 1. The van der Waals surface area contributed by atoms with Gasteiger partial charge in [-0.25, -0.2) is 4.79 Å². The summed E-state index contributed by atoms with van der Waals surface area (Å²) in [5, 5.41) is 15.6. The number of pyridine rings is 1. The lowest BCUT2D eigenvalue weighted by atomic mass is 9.93. The second kappa shape index (κ2) is 12.1. The molecule has 0 saturated heterocycles. The number of hydrogen-bond acceptors (Lipinski definition) is 5. The van der Waals surface area contributed by atoms with Crippen LogP contribution in [-0.4, -0.2) is 45.1 Å². The molecule has 2 aromatic carbocycles. The average molecular weight is 581 g/mol. The SMILES string of the molecule is COc1ccc(-c2c(C3CCCC3)c3ccc(C(=O)NC(C)(C)C(=O)Nc4ccc(/C=C/C(=O)O)cc4)cc3n2C)nc1. The van der Waals surface area contributed by atoms with E-state index in [9.17, 15) is 14.4 Å². The second-order valence-electron chi connectivity index (χ2n) is 11.4. The van der Waals surface area contributed by atoms with Gasteiger partial charge in [0.25, 0.3) is 5.91 Å². The molecule has 4 aromatic rings. The molecule has 3 N–H and O–H groups in total. The van der Waals surface area contributed by atoms with E-state index >= 15 is 0 Å². The molecule has 0 bridgehead atoms. The van der Waals surface area contributed by atoms with Crippen molar-refractivity contribution in [2.45, 2.75) is 51.0 Å². The van der Waals surface area contributed by atoms with E-state index in [1.54, 1.807) is 51.4 Å². The Morgan fingerprint density at radius 1 is 1.05 bits per heavy atom. The summed E-state index contributed by atoms with van der Waals surface area (Å²) >= 11 is 0. The van der Waals surface area contributed by atoms with Crippen LogP contribution >= 0.6 is 0 Å². The van der Waals surface area contributed by atoms with E-state index in [0.717, 1.165) is 41.2 Å². The first-order chi connectivity index (χ1) is 20.6. The second-order valence-corrected chi connectivity index (χ2v) is 11.4. The summed E-state index contributed by atoms with van der Waals surface area (Å²) in [6.45, 7) is 3.30. The van der Waals surface area contributed by atoms with Crippen LogP contribution in [0.25, 0.3) is 28.4 Å². The van der Waals surface area contributed by atoms with Gasteiger partial charge in [-0.15, -0.1) is 0 Å². The van der Waals surface area contributed by atoms with Crippen molar-refractivity contribution >= 4 is 40.4 Å². The van der Waals surface area contributed by atoms with Crippen LogP contribution in [0.3, 0.4) is 0 Å². The fraction of sp³-hybridized carbons (Fsp3) is 0.294. The van der Waals surface area contributed by atoms with Gasteiger partial charge < -0.3 is 25.0 Å². The molecule has 0 atom stereocenters. The van der Waals surface area contributed by atoms with Crippen LogP contribution in [0.5, 0.6) is 5.75 Å². The number of aromatic nitrogens is 2. The van der Waals surface area contributed by atoms with Crippen LogP contribution < -0.4 is 15.4 Å². The molecule has 0 unspecified atom stereocenters. The summed E-state index contributed by atoms with van der Waals surface area (Å²) in [5.74, 6) is -0.660. The van der Waals surface area contributed by atoms with Crippen LogP contribution in [0.15, 0.2) is 66.9 Å². The first kappa shape index (κ1) is 29.6. The largest absolute Gasteiger partial charge is 0.495 e. The number of carbonyl (C=O) groups excluding carboxylic acids is 2. The zero-order valence-corrected chi connectivity index (χ0v) is 24.8. The lowest BCUT2D eigenvalue weighted by molar-refractivity contribution is -0.131. The predicted octanol–water partition coefficient (Wildman–Crippen LogP) is 6.15. The molecular weight excluding hydrogens is 544 g/mol. The van der Waals surface area contributed by atoms with Crippen LogP contribution in [0.2, 0.25) is 0 Å². The molecule has 1 fully saturated rings. The van der Waals surface area contributed by atoms with Crippen molar-refractivity contribution in [1.82, 2.24) is 14.9 Å². The Labute approximate surface area is 250 Å². The number of nitrogens with one attached hydrogen (secondary N) is 2. The number of methoxy groups -OCH3 is 1. The van der Waals surface area contributed by atoms with Gasteiger partial charge in [0, 0.05) is 35.3 Å². The Morgan fingerprint density at radius 3 is 2.40 bits per heavy atom. The zero-order valence-electron chi connectivity index (χ0n) is 24.8. The van der Waals surface area contributed by atoms with Crippen LogP contribution in [0, 0.1) is 0 Å². The molecular formula is C34H36N4O5. The first-order valence-corrected chi connectivity index (χ1v) is 14.3. The Hall–Kier alpha value is -4.92. The van der Waals surface area contributed by atoms with E-state index in [4.69, 9.17) is 14.8 Å². The molecule has 2 amide bonds. The number of ether oxygens (including phenoxy) is 1. The minimum absolute atomic E-state index is 0.357. The van der Waals surface area contributed by atoms with Crippen molar-refractivity contribution in [2.75, 3.05) is 12.4 Å². The Kier molecular flexibility index (Phi) is 8.34. The molecule has 0 spiro atoms. The molecule has 2 heterocycles. The fourth-order valence-electron chi connectivity index (χ4n) is 5.73. The van der Waals surface area contributed by atoms with Crippen molar-refractivity contribution in [1.29, 1.82) is 0 Å². The number of benzene rings is 2. The van der Waals surface area contributed by atoms with E-state index in [1.807, 2.05) is 37.4 Å². The number of carbonyl (C=O) groups is 3. The smallest absolute Gasteiger partial charge is 0.328 e. The molecule has 1 aliphatic carbocycles. The summed E-state index contributed by atoms with van der Waals surface area (Å²) < 4.78 is 7.43. The molecule has 1 aliphatic rings. The number of rotatable bonds is 9. The Bertz CT molecular complexity index is 1700. The van der Waals surface area contributed by atoms with Crippen molar-refractivity contribution in [3.8, 4) is 17.1 Å². The molecule has 5 rings (SSSR count). The van der Waals surface area contributed by atoms with Crippen molar-refractivity contribution < 1.29 is 24.2 Å². The van der Waals surface area contributed by atoms with Gasteiger partial charge in [0.2, 0.25) is 5.91 Å². The third-order valence-electron chi connectivity index (χ3n) is 8.06. The van der Waals surface area contributed by atoms with Crippen molar-refractivity contribution in [3.05, 3.63) is 83.6 Å². The maximum absolute atomic E-state index is 13.5. The maximum Gasteiger partial charge on any atom is 0.328 e. The minimum Gasteiger partial charge on any atom is -0.495 e. The summed E-state index contributed by atoms with van der Waals surface area (Å²) in [7, 11) is 3.63. The minimum atomic E-state index is -1.21. The van der Waals surface area contributed by atoms with E-state index in [0.29, 0.717) is 28.5 Å². The summed E-state index contributed by atoms with van der Waals surface area (Å²) in [6.07, 6.45) is 8.87. The van der Waals surface area contributed by atoms with Crippen LogP contribution in [0.1, 0.15) is 66.9 Å². The highest BCUT2D eigenvalue weighted by molar-refractivity contribution is 6.05. The molecule has 0 radical (unpaired) electrons. The number of amides is 2. The van der Waals surface area contributed by atoms with Gasteiger partial charge in [-0.2, -0.15) is 0 Å². The highest BCUT2D eigenvalue weighted by Gasteiger charge is 2.31. The zero-order chi connectivity index (χ0) is 30.7. The van der Waals surface area contributed by atoms with Crippen molar-refractivity contribution in [2.24, 2.45) is 7.05 Å². The van der Waals surface area contributed by atoms with Crippen LogP contribution in [0.4, 0.5) is 5.69 Å². The number of fused-ring (bicyclic) bond motifs is 1. The third-order valence-corrected chi connectivity index (χ3v) is 8.06. The number of hydrogen-bond donors (Lipinski definition) is 3. The fourth-order valence-corrected chi connectivity index (χ4v) is 5.73. The Morgan fingerprint density at radius 2 is 1.77 bits per heavy atom. The predicted molar refractivity (Wildman–Crippen MR) is 167 cm³/mol. The van der Waals surface area contributed by atoms with E-state index < -0.39 is 11.5 Å². The van der Waals surface area contributed by atoms with Gasteiger partial charge >= 0.3 is 5.97 Å². The average Bonchev–Trinajstić information content (AvgIpc) is 3.62. The summed E-state index contributed by atoms with van der Waals surface area (Å²) in [5.41, 5.74) is 4.56. The van der Waals surface area contributed by atoms with Gasteiger partial charge in [0.1, 0.15) is 11.3 Å². The molecule has 2 aromatic heterocycles. The summed E-state index contributed by atoms with van der Waals surface area (Å²) in [6, 6.07) is 16.4. The number of carboxylic acid groups (broad SMARTS) is 1. The first-order valence-electron chi connectivity index (χ1n) is 14.3. The summed E-state index contributed by atoms with van der Waals surface area (Å²) in [4.78, 5) is 42.0. The standard InChI is InChI=1S/C34H36N4O5/c1-34(2,33(42)36-24-13-9-21(10-14-24)11-18-29(39)40)37-32(41)23-12-16-26-28(19-23)38(3)31(30(26)22-7-5-6-8-22)27-17-15-25(43-4)20-35-27/h9-20,22H,5-8H2,1-4H3,(H,36,42)(H,37,41)(H,39,40)/b18-11+. The van der Waals surface area contributed by atoms with Gasteiger partial charge in [-0.3, -0.25) is 14.6 Å². The quantitative estimate of drug-likeness (QED) is 0.204. The monoisotopic (exact) mass is 580 g/mol.